The predicted octanol–water partition coefficient (Wildman–Crippen LogP) is 2.31. The first-order valence-electron chi connectivity index (χ1n) is 10.3. The fourth-order valence-corrected chi connectivity index (χ4v) is 3.84. The molecule has 32 heavy (non-hydrogen) atoms. The van der Waals surface area contributed by atoms with Crippen LogP contribution in [0.2, 0.25) is 0 Å². The maximum atomic E-state index is 13.2. The van der Waals surface area contributed by atoms with E-state index >= 15 is 0 Å². The molecular formula is C23H23N5O4. The van der Waals surface area contributed by atoms with Gasteiger partial charge in [0.1, 0.15) is 11.9 Å². The molecule has 1 aliphatic rings. The van der Waals surface area contributed by atoms with Crippen LogP contribution in [0.5, 0.6) is 0 Å². The van der Waals surface area contributed by atoms with Gasteiger partial charge in [-0.3, -0.25) is 24.3 Å². The molecule has 1 fully saturated rings. The Kier molecular flexibility index (Phi) is 5.72. The van der Waals surface area contributed by atoms with Crippen molar-refractivity contribution in [1.82, 2.24) is 20.2 Å². The zero-order chi connectivity index (χ0) is 22.8. The van der Waals surface area contributed by atoms with Crippen molar-refractivity contribution in [2.75, 3.05) is 5.32 Å². The van der Waals surface area contributed by atoms with E-state index in [0.717, 1.165) is 11.1 Å². The van der Waals surface area contributed by atoms with E-state index in [1.165, 1.54) is 4.57 Å². The van der Waals surface area contributed by atoms with Gasteiger partial charge in [0.2, 0.25) is 11.8 Å². The number of rotatable bonds is 4. The molecule has 0 radical (unpaired) electrons. The summed E-state index contributed by atoms with van der Waals surface area (Å²) >= 11 is 0. The molecule has 1 atom stereocenters. The number of hydrogen-bond donors (Lipinski definition) is 3. The number of urea groups is 1. The van der Waals surface area contributed by atoms with Gasteiger partial charge in [-0.2, -0.15) is 0 Å². The second-order valence-corrected chi connectivity index (χ2v) is 7.83. The molecule has 1 aromatic heterocycles. The van der Waals surface area contributed by atoms with Gasteiger partial charge in [-0.25, -0.2) is 9.78 Å². The molecule has 0 aliphatic carbocycles. The van der Waals surface area contributed by atoms with Gasteiger partial charge in [0.15, 0.2) is 0 Å². The monoisotopic (exact) mass is 433 g/mol. The van der Waals surface area contributed by atoms with E-state index in [0.29, 0.717) is 22.4 Å². The van der Waals surface area contributed by atoms with Gasteiger partial charge in [-0.15, -0.1) is 0 Å². The van der Waals surface area contributed by atoms with Crippen molar-refractivity contribution in [2.45, 2.75) is 39.3 Å². The molecular weight excluding hydrogens is 410 g/mol. The first kappa shape index (κ1) is 21.2. The van der Waals surface area contributed by atoms with Crippen LogP contribution in [-0.4, -0.2) is 27.4 Å². The van der Waals surface area contributed by atoms with Gasteiger partial charge in [0, 0.05) is 18.7 Å². The number of nitrogens with one attached hydrogen (secondary N) is 3. The lowest BCUT2D eigenvalue weighted by molar-refractivity contribution is -0.135. The molecule has 2 heterocycles. The summed E-state index contributed by atoms with van der Waals surface area (Å²) in [5.41, 5.74) is 2.59. The normalized spacial score (nSPS) is 16.0. The average molecular weight is 433 g/mol. The smallest absolute Gasteiger partial charge is 0.319 e. The minimum absolute atomic E-state index is 0.167. The van der Waals surface area contributed by atoms with Crippen LogP contribution in [0.4, 0.5) is 10.5 Å². The molecule has 9 heteroatoms. The molecule has 0 spiro atoms. The summed E-state index contributed by atoms with van der Waals surface area (Å²) in [4.78, 5) is 53.6. The Bertz CT molecular complexity index is 1300. The van der Waals surface area contributed by atoms with Gasteiger partial charge in [-0.05, 0) is 55.7 Å². The summed E-state index contributed by atoms with van der Waals surface area (Å²) in [6.07, 6.45) is 0.416. The molecule has 1 saturated heterocycles. The minimum atomic E-state index is -0.779. The van der Waals surface area contributed by atoms with Gasteiger partial charge < -0.3 is 10.6 Å². The molecule has 4 amide bonds. The molecule has 3 aromatic rings. The topological polar surface area (TPSA) is 122 Å². The molecule has 4 rings (SSSR count). The Morgan fingerprint density at radius 2 is 1.97 bits per heavy atom. The average Bonchev–Trinajstić information content (AvgIpc) is 2.74. The van der Waals surface area contributed by atoms with Gasteiger partial charge >= 0.3 is 6.03 Å². The third-order valence-corrected chi connectivity index (χ3v) is 5.39. The summed E-state index contributed by atoms with van der Waals surface area (Å²) in [6, 6.07) is 11.5. The highest BCUT2D eigenvalue weighted by Crippen LogP contribution is 2.20. The zero-order valence-electron chi connectivity index (χ0n) is 17.8. The molecule has 9 nitrogen and oxygen atoms in total. The van der Waals surface area contributed by atoms with Crippen LogP contribution in [0.15, 0.2) is 47.3 Å². The van der Waals surface area contributed by atoms with Crippen molar-refractivity contribution in [2.24, 2.45) is 0 Å². The van der Waals surface area contributed by atoms with E-state index in [1.807, 2.05) is 25.1 Å². The lowest BCUT2D eigenvalue weighted by atomic mass is 10.0. The fourth-order valence-electron chi connectivity index (χ4n) is 3.84. The van der Waals surface area contributed by atoms with Crippen molar-refractivity contribution >= 4 is 34.4 Å². The first-order valence-corrected chi connectivity index (χ1v) is 10.3. The maximum Gasteiger partial charge on any atom is 0.319 e. The molecule has 0 bridgehead atoms. The summed E-state index contributed by atoms with van der Waals surface area (Å²) in [7, 11) is 0. The van der Waals surface area contributed by atoms with E-state index in [2.05, 4.69) is 20.9 Å². The number of amides is 4. The number of anilines is 1. The molecule has 0 saturated carbocycles. The number of carbonyl (C=O) groups excluding carboxylic acids is 3. The van der Waals surface area contributed by atoms with Crippen LogP contribution < -0.4 is 21.5 Å². The largest absolute Gasteiger partial charge is 0.334 e. The first-order chi connectivity index (χ1) is 15.3. The predicted molar refractivity (Wildman–Crippen MR) is 119 cm³/mol. The molecule has 164 valence electrons. The number of imide groups is 1. The Morgan fingerprint density at radius 3 is 2.72 bits per heavy atom. The van der Waals surface area contributed by atoms with E-state index in [4.69, 9.17) is 0 Å². The van der Waals surface area contributed by atoms with E-state index in [9.17, 15) is 19.2 Å². The third-order valence-electron chi connectivity index (χ3n) is 5.39. The lowest BCUT2D eigenvalue weighted by Gasteiger charge is -2.24. The van der Waals surface area contributed by atoms with Crippen LogP contribution in [0.1, 0.15) is 35.8 Å². The van der Waals surface area contributed by atoms with Crippen LogP contribution >= 0.6 is 0 Å². The second-order valence-electron chi connectivity index (χ2n) is 7.83. The van der Waals surface area contributed by atoms with Gasteiger partial charge in [-0.1, -0.05) is 18.2 Å². The standard InChI is InChI=1S/C23H23N5O4/c1-13-4-3-5-16(10-13)26-23(32)24-12-15-6-7-18-17(11-15)22(31)28(14(2)25-18)19-8-9-20(29)27-21(19)30/h3-7,10-11,19H,8-9,12H2,1-2H3,(H2,24,26,32)(H,27,29,30)/t19-/m0/s1. The third kappa shape index (κ3) is 4.36. The minimum Gasteiger partial charge on any atom is -0.334 e. The molecule has 2 aromatic carbocycles. The lowest BCUT2D eigenvalue weighted by Crippen LogP contribution is -2.45. The van der Waals surface area contributed by atoms with Crippen LogP contribution in [0.3, 0.4) is 0 Å². The number of carbonyl (C=O) groups is 3. The zero-order valence-corrected chi connectivity index (χ0v) is 17.8. The van der Waals surface area contributed by atoms with E-state index in [1.54, 1.807) is 31.2 Å². The highest BCUT2D eigenvalue weighted by Gasteiger charge is 2.30. The van der Waals surface area contributed by atoms with Crippen molar-refractivity contribution in [1.29, 1.82) is 0 Å². The highest BCUT2D eigenvalue weighted by atomic mass is 16.2. The summed E-state index contributed by atoms with van der Waals surface area (Å²) in [5.74, 6) is -0.443. The van der Waals surface area contributed by atoms with Crippen molar-refractivity contribution in [3.05, 3.63) is 69.8 Å². The van der Waals surface area contributed by atoms with Crippen molar-refractivity contribution in [3.8, 4) is 0 Å². The number of piperidine rings is 1. The SMILES string of the molecule is Cc1cccc(NC(=O)NCc2ccc3nc(C)n([C@H]4CCC(=O)NC4=O)c(=O)c3c2)c1. The quantitative estimate of drug-likeness (QED) is 0.545. The number of fused-ring (bicyclic) bond motifs is 1. The maximum absolute atomic E-state index is 13.2. The summed E-state index contributed by atoms with van der Waals surface area (Å²) < 4.78 is 1.34. The van der Waals surface area contributed by atoms with Crippen LogP contribution in [0, 0.1) is 13.8 Å². The Hall–Kier alpha value is -4.01. The highest BCUT2D eigenvalue weighted by molar-refractivity contribution is 5.99. The molecule has 3 N–H and O–H groups in total. The van der Waals surface area contributed by atoms with Crippen LogP contribution in [-0.2, 0) is 16.1 Å². The molecule has 0 unspecified atom stereocenters. The van der Waals surface area contributed by atoms with Gasteiger partial charge in [0.25, 0.3) is 5.56 Å². The van der Waals surface area contributed by atoms with Crippen molar-refractivity contribution < 1.29 is 14.4 Å². The number of aryl methyl sites for hydroxylation is 2. The fraction of sp³-hybridized carbons (Fsp3) is 0.261. The number of nitrogens with zero attached hydrogens (tertiary/aromatic N) is 2. The van der Waals surface area contributed by atoms with Crippen molar-refractivity contribution in [3.63, 3.8) is 0 Å². The summed E-state index contributed by atoms with van der Waals surface area (Å²) in [6.45, 7) is 3.81. The number of aromatic nitrogens is 2. The number of hydrogen-bond acceptors (Lipinski definition) is 5. The Balaban J connectivity index is 1.55. The van der Waals surface area contributed by atoms with E-state index in [-0.39, 0.29) is 36.9 Å². The Labute approximate surface area is 183 Å². The van der Waals surface area contributed by atoms with Gasteiger partial charge in [0.05, 0.1) is 10.9 Å². The molecule has 1 aliphatic heterocycles. The Morgan fingerprint density at radius 1 is 1.16 bits per heavy atom. The second kappa shape index (κ2) is 8.62. The van der Waals surface area contributed by atoms with E-state index < -0.39 is 11.9 Å². The van der Waals surface area contributed by atoms with Crippen LogP contribution in [0.25, 0.3) is 10.9 Å². The summed E-state index contributed by atoms with van der Waals surface area (Å²) in [5, 5.41) is 8.16. The number of benzene rings is 2.